The topological polar surface area (TPSA) is 77.4 Å². The fourth-order valence-electron chi connectivity index (χ4n) is 3.80. The molecule has 0 heterocycles. The van der Waals surface area contributed by atoms with Crippen molar-refractivity contribution >= 4 is 10.1 Å². The van der Waals surface area contributed by atoms with Gasteiger partial charge in [-0.05, 0) is 25.7 Å². The van der Waals surface area contributed by atoms with E-state index in [2.05, 4.69) is 13.8 Å². The fourth-order valence-corrected chi connectivity index (χ4v) is 4.59. The Kier molecular flexibility index (Phi) is 22.9. The second-order valence-electron chi connectivity index (χ2n) is 8.56. The molecule has 1 unspecified atom stereocenters. The Hall–Kier alpha value is 0.870. The molecule has 0 bridgehead atoms. The largest absolute Gasteiger partial charge is 1.00 e. The van der Waals surface area contributed by atoms with Crippen LogP contribution in [-0.4, -0.2) is 23.0 Å². The molecule has 0 spiro atoms. The second-order valence-corrected chi connectivity index (χ2v) is 10.2. The van der Waals surface area contributed by atoms with Crippen molar-refractivity contribution in [1.29, 1.82) is 0 Å². The van der Waals surface area contributed by atoms with Gasteiger partial charge in [0.2, 0.25) is 0 Å². The summed E-state index contributed by atoms with van der Waals surface area (Å²) in [5.41, 5.74) is 0. The molecule has 0 aromatic heterocycles. The zero-order chi connectivity index (χ0) is 21.1. The molecule has 0 aliphatic rings. The van der Waals surface area contributed by atoms with Crippen molar-refractivity contribution in [1.82, 2.24) is 0 Å². The summed E-state index contributed by atoms with van der Waals surface area (Å²) in [5.74, 6) is 0. The molecule has 0 aromatic carbocycles. The zero-order valence-corrected chi connectivity index (χ0v) is 22.5. The van der Waals surface area contributed by atoms with Gasteiger partial charge in [0.25, 0.3) is 0 Å². The van der Waals surface area contributed by atoms with Crippen LogP contribution >= 0.6 is 0 Å². The van der Waals surface area contributed by atoms with Gasteiger partial charge in [0, 0.05) is 0 Å². The molecule has 0 aliphatic carbocycles. The van der Waals surface area contributed by atoms with Gasteiger partial charge in [0.05, 0.1) is 0 Å². The Morgan fingerprint density at radius 3 is 1.10 bits per heavy atom. The van der Waals surface area contributed by atoms with E-state index in [0.29, 0.717) is 12.8 Å². The Morgan fingerprint density at radius 2 is 0.828 bits per heavy atom. The normalized spacial score (nSPS) is 13.8. The number of unbranched alkanes of at least 4 members (excludes halogenated alkanes) is 16. The maximum atomic E-state index is 11.5. The summed E-state index contributed by atoms with van der Waals surface area (Å²) in [7, 11) is -4.66. The average molecular weight is 443 g/mol. The van der Waals surface area contributed by atoms with Gasteiger partial charge in [-0.1, -0.05) is 117 Å². The molecule has 0 amide bonds. The van der Waals surface area contributed by atoms with Gasteiger partial charge in [-0.25, -0.2) is 8.42 Å². The summed E-state index contributed by atoms with van der Waals surface area (Å²) >= 11 is 0. The summed E-state index contributed by atoms with van der Waals surface area (Å²) < 4.78 is 34.4. The van der Waals surface area contributed by atoms with E-state index in [9.17, 15) is 18.1 Å². The van der Waals surface area contributed by atoms with E-state index in [1.807, 2.05) is 0 Å². The predicted octanol–water partition coefficient (Wildman–Crippen LogP) is 4.07. The summed E-state index contributed by atoms with van der Waals surface area (Å²) in [6.07, 6.45) is 20.8. The van der Waals surface area contributed by atoms with Crippen molar-refractivity contribution in [2.45, 2.75) is 147 Å². The molecule has 170 valence electrons. The van der Waals surface area contributed by atoms with Crippen LogP contribution < -0.4 is 29.6 Å². The van der Waals surface area contributed by atoms with Crippen LogP contribution in [0.5, 0.6) is 0 Å². The first-order chi connectivity index (χ1) is 13.4. The third kappa shape index (κ3) is 18.2. The quantitative estimate of drug-likeness (QED) is 0.165. The van der Waals surface area contributed by atoms with Crippen LogP contribution in [0.2, 0.25) is 0 Å². The zero-order valence-electron chi connectivity index (χ0n) is 19.7. The number of hydrogen-bond acceptors (Lipinski definition) is 4. The first-order valence-corrected chi connectivity index (χ1v) is 13.5. The van der Waals surface area contributed by atoms with Crippen LogP contribution in [0.25, 0.3) is 0 Å². The van der Waals surface area contributed by atoms with Crippen LogP contribution in [0, 0.1) is 0 Å². The van der Waals surface area contributed by atoms with Crippen molar-refractivity contribution in [3.8, 4) is 0 Å². The van der Waals surface area contributed by atoms with Gasteiger partial charge in [0.1, 0.15) is 10.1 Å². The van der Waals surface area contributed by atoms with E-state index in [0.717, 1.165) is 38.5 Å². The minimum atomic E-state index is -4.66. The van der Waals surface area contributed by atoms with Crippen LogP contribution in [0.3, 0.4) is 0 Å². The molecule has 1 N–H and O–H groups in total. The molecule has 0 aliphatic heterocycles. The molecule has 4 nitrogen and oxygen atoms in total. The molecule has 0 radical (unpaired) electrons. The van der Waals surface area contributed by atoms with Crippen molar-refractivity contribution in [2.75, 3.05) is 0 Å². The number of hydrogen-bond donors (Lipinski definition) is 1. The Morgan fingerprint density at radius 1 is 0.586 bits per heavy atom. The van der Waals surface area contributed by atoms with Crippen molar-refractivity contribution in [2.24, 2.45) is 0 Å². The molecule has 0 saturated heterocycles. The smallest absolute Gasteiger partial charge is 0.746 e. The Labute approximate surface area is 204 Å². The van der Waals surface area contributed by atoms with Crippen molar-refractivity contribution < 1.29 is 47.6 Å². The van der Waals surface area contributed by atoms with Gasteiger partial charge in [-0.15, -0.1) is 0 Å². The molecular weight excluding hydrogens is 395 g/mol. The Balaban J connectivity index is 0. The molecular formula is C23H47NaO4S. The first kappa shape index (κ1) is 32.1. The van der Waals surface area contributed by atoms with Gasteiger partial charge in [0.15, 0.2) is 4.93 Å². The summed E-state index contributed by atoms with van der Waals surface area (Å²) in [5, 5.41) is 10.3. The van der Waals surface area contributed by atoms with Crippen LogP contribution in [0.4, 0.5) is 0 Å². The van der Waals surface area contributed by atoms with Crippen molar-refractivity contribution in [3.05, 3.63) is 0 Å². The SMILES string of the molecule is CCCCCCCCCCCCCCCCC(O)(CCCCCC)S(=O)(=O)[O-].[Na+]. The monoisotopic (exact) mass is 442 g/mol. The molecule has 0 aromatic rings. The van der Waals surface area contributed by atoms with Crippen LogP contribution in [0.1, 0.15) is 142 Å². The van der Waals surface area contributed by atoms with Crippen molar-refractivity contribution in [3.63, 3.8) is 0 Å². The molecule has 0 rings (SSSR count). The molecule has 0 fully saturated rings. The second kappa shape index (κ2) is 20.8. The third-order valence-corrected chi connectivity index (χ3v) is 7.15. The van der Waals surface area contributed by atoms with Gasteiger partial charge >= 0.3 is 29.6 Å². The number of rotatable bonds is 21. The van der Waals surface area contributed by atoms with Crippen LogP contribution in [0.15, 0.2) is 0 Å². The minimum Gasteiger partial charge on any atom is -0.746 e. The minimum absolute atomic E-state index is 0. The third-order valence-electron chi connectivity index (χ3n) is 5.81. The van der Waals surface area contributed by atoms with Gasteiger partial charge < -0.3 is 9.66 Å². The molecule has 29 heavy (non-hydrogen) atoms. The van der Waals surface area contributed by atoms with E-state index < -0.39 is 15.1 Å². The summed E-state index contributed by atoms with van der Waals surface area (Å²) in [6, 6.07) is 0. The summed E-state index contributed by atoms with van der Waals surface area (Å²) in [6.45, 7) is 4.33. The van der Waals surface area contributed by atoms with Crippen LogP contribution in [-0.2, 0) is 10.1 Å². The van der Waals surface area contributed by atoms with E-state index in [-0.39, 0.29) is 42.4 Å². The summed E-state index contributed by atoms with van der Waals surface area (Å²) in [4.78, 5) is -2.06. The predicted molar refractivity (Wildman–Crippen MR) is 118 cm³/mol. The van der Waals surface area contributed by atoms with E-state index in [1.54, 1.807) is 0 Å². The molecule has 1 atom stereocenters. The standard InChI is InChI=1S/C23H48O4S.Na/c1-3-5-7-9-10-11-12-13-14-15-16-17-18-20-22-23(24,28(25,26)27)21-19-8-6-4-2;/h24H,3-22H2,1-2H3,(H,25,26,27);/q;+1/p-1. The number of aliphatic hydroxyl groups is 1. The van der Waals surface area contributed by atoms with E-state index >= 15 is 0 Å². The molecule has 6 heteroatoms. The van der Waals surface area contributed by atoms with E-state index in [4.69, 9.17) is 0 Å². The van der Waals surface area contributed by atoms with Gasteiger partial charge in [-0.3, -0.25) is 0 Å². The van der Waals surface area contributed by atoms with E-state index in [1.165, 1.54) is 64.2 Å². The average Bonchev–Trinajstić information content (AvgIpc) is 2.64. The maximum absolute atomic E-state index is 11.5. The first-order valence-electron chi connectivity index (χ1n) is 12.0. The molecule has 0 saturated carbocycles. The fraction of sp³-hybridized carbons (Fsp3) is 1.00. The Bertz CT molecular complexity index is 442. The van der Waals surface area contributed by atoms with Gasteiger partial charge in [-0.2, -0.15) is 0 Å². The maximum Gasteiger partial charge on any atom is 1.00 e.